The summed E-state index contributed by atoms with van der Waals surface area (Å²) in [6.07, 6.45) is 7.12. The van der Waals surface area contributed by atoms with Crippen LogP contribution < -0.4 is 5.32 Å². The lowest BCUT2D eigenvalue weighted by Gasteiger charge is -2.22. The summed E-state index contributed by atoms with van der Waals surface area (Å²) in [5.74, 6) is -0.391. The maximum Gasteiger partial charge on any atom is 0.411 e. The minimum Gasteiger partial charge on any atom is -0.449 e. The molecule has 0 spiro atoms. The fourth-order valence-electron chi connectivity index (χ4n) is 2.69. The number of ether oxygens (including phenoxy) is 2. The van der Waals surface area contributed by atoms with Crippen molar-refractivity contribution in [1.82, 2.24) is 0 Å². The third kappa shape index (κ3) is 6.06. The van der Waals surface area contributed by atoms with Gasteiger partial charge in [0.1, 0.15) is 5.82 Å². The summed E-state index contributed by atoms with van der Waals surface area (Å²) in [4.78, 5) is 11.7. The number of benzene rings is 1. The number of nitrogens with one attached hydrogen (secondary N) is 1. The molecular weight excluding hydrogens is 377 g/mol. The van der Waals surface area contributed by atoms with E-state index in [-0.39, 0.29) is 12.7 Å². The lowest BCUT2D eigenvalue weighted by atomic mass is 9.98. The van der Waals surface area contributed by atoms with Crippen LogP contribution in [0.4, 0.5) is 14.9 Å². The third-order valence-electron chi connectivity index (χ3n) is 4.13. The van der Waals surface area contributed by atoms with E-state index in [0.717, 1.165) is 25.7 Å². The fourth-order valence-corrected chi connectivity index (χ4v) is 3.18. The molecule has 0 radical (unpaired) electrons. The van der Waals surface area contributed by atoms with Gasteiger partial charge in [0.15, 0.2) is 0 Å². The van der Waals surface area contributed by atoms with Gasteiger partial charge >= 0.3 is 6.09 Å². The van der Waals surface area contributed by atoms with Gasteiger partial charge in [-0.1, -0.05) is 32.6 Å². The zero-order chi connectivity index (χ0) is 17.4. The van der Waals surface area contributed by atoms with Crippen LogP contribution in [0.15, 0.2) is 16.6 Å². The second kappa shape index (κ2) is 9.99. The molecule has 0 saturated heterocycles. The molecule has 1 amide bonds. The van der Waals surface area contributed by atoms with Crippen molar-refractivity contribution in [2.24, 2.45) is 0 Å². The molecule has 1 saturated carbocycles. The van der Waals surface area contributed by atoms with E-state index in [1.807, 2.05) is 6.92 Å². The standard InChI is InChI=1S/C18H25BrFNO3/c1-2-3-9-23-18(22)21-17-11-16(20)13(10-15(17)19)12-24-14-7-5-4-6-8-14/h10-11,14H,2-9,12H2,1H3,(H,21,22). The zero-order valence-corrected chi connectivity index (χ0v) is 15.7. The first-order valence-corrected chi connectivity index (χ1v) is 9.42. The first-order chi connectivity index (χ1) is 11.6. The van der Waals surface area contributed by atoms with E-state index < -0.39 is 11.9 Å². The van der Waals surface area contributed by atoms with E-state index in [1.165, 1.54) is 25.3 Å². The van der Waals surface area contributed by atoms with Crippen molar-refractivity contribution in [3.05, 3.63) is 28.0 Å². The quantitative estimate of drug-likeness (QED) is 0.588. The van der Waals surface area contributed by atoms with Crippen LogP contribution in [-0.4, -0.2) is 18.8 Å². The molecule has 0 heterocycles. The van der Waals surface area contributed by atoms with Gasteiger partial charge in [-0.05, 0) is 47.3 Å². The van der Waals surface area contributed by atoms with E-state index >= 15 is 0 Å². The van der Waals surface area contributed by atoms with Crippen molar-refractivity contribution in [1.29, 1.82) is 0 Å². The lowest BCUT2D eigenvalue weighted by Crippen LogP contribution is -2.17. The van der Waals surface area contributed by atoms with Gasteiger partial charge < -0.3 is 9.47 Å². The Morgan fingerprint density at radius 3 is 2.79 bits per heavy atom. The van der Waals surface area contributed by atoms with Crippen molar-refractivity contribution in [2.75, 3.05) is 11.9 Å². The first kappa shape index (κ1) is 19.2. The molecule has 6 heteroatoms. The Bertz CT molecular complexity index is 547. The molecule has 24 heavy (non-hydrogen) atoms. The number of hydrogen-bond donors (Lipinski definition) is 1. The second-order valence-electron chi connectivity index (χ2n) is 6.11. The fraction of sp³-hybridized carbons (Fsp3) is 0.611. The summed E-state index contributed by atoms with van der Waals surface area (Å²) >= 11 is 3.37. The van der Waals surface area contributed by atoms with Gasteiger partial charge in [-0.2, -0.15) is 0 Å². The summed E-state index contributed by atoms with van der Waals surface area (Å²) in [6.45, 7) is 2.62. The lowest BCUT2D eigenvalue weighted by molar-refractivity contribution is 0.0156. The number of carbonyl (C=O) groups excluding carboxylic acids is 1. The van der Waals surface area contributed by atoms with Crippen LogP contribution in [0.2, 0.25) is 0 Å². The van der Waals surface area contributed by atoms with E-state index in [4.69, 9.17) is 9.47 Å². The molecule has 1 aromatic carbocycles. The minimum atomic E-state index is -0.574. The Labute approximate surface area is 151 Å². The van der Waals surface area contributed by atoms with E-state index in [2.05, 4.69) is 21.2 Å². The number of amides is 1. The molecular formula is C18H25BrFNO3. The van der Waals surface area contributed by atoms with Crippen LogP contribution >= 0.6 is 15.9 Å². The topological polar surface area (TPSA) is 47.6 Å². The van der Waals surface area contributed by atoms with Crippen LogP contribution in [0.3, 0.4) is 0 Å². The van der Waals surface area contributed by atoms with Crippen molar-refractivity contribution < 1.29 is 18.7 Å². The minimum absolute atomic E-state index is 0.225. The molecule has 1 N–H and O–H groups in total. The predicted molar refractivity (Wildman–Crippen MR) is 95.6 cm³/mol. The highest BCUT2D eigenvalue weighted by atomic mass is 79.9. The Morgan fingerprint density at radius 2 is 2.08 bits per heavy atom. The van der Waals surface area contributed by atoms with Crippen LogP contribution in [0, 0.1) is 5.82 Å². The average molecular weight is 402 g/mol. The van der Waals surface area contributed by atoms with Gasteiger partial charge in [-0.3, -0.25) is 5.32 Å². The third-order valence-corrected chi connectivity index (χ3v) is 4.79. The van der Waals surface area contributed by atoms with Gasteiger partial charge in [0, 0.05) is 10.0 Å². The largest absolute Gasteiger partial charge is 0.449 e. The smallest absolute Gasteiger partial charge is 0.411 e. The average Bonchev–Trinajstić information content (AvgIpc) is 2.58. The van der Waals surface area contributed by atoms with Crippen molar-refractivity contribution >= 4 is 27.7 Å². The molecule has 0 atom stereocenters. The Balaban J connectivity index is 1.90. The maximum absolute atomic E-state index is 14.2. The molecule has 0 unspecified atom stereocenters. The predicted octanol–water partition coefficient (Wildman–Crippen LogP) is 5.79. The van der Waals surface area contributed by atoms with Gasteiger partial charge in [-0.15, -0.1) is 0 Å². The van der Waals surface area contributed by atoms with Crippen molar-refractivity contribution in [3.8, 4) is 0 Å². The van der Waals surface area contributed by atoms with E-state index in [9.17, 15) is 9.18 Å². The van der Waals surface area contributed by atoms with E-state index in [1.54, 1.807) is 6.07 Å². The second-order valence-corrected chi connectivity index (χ2v) is 6.96. The van der Waals surface area contributed by atoms with Crippen molar-refractivity contribution in [2.45, 2.75) is 64.6 Å². The van der Waals surface area contributed by atoms with E-state index in [0.29, 0.717) is 22.3 Å². The molecule has 2 rings (SSSR count). The summed E-state index contributed by atoms with van der Waals surface area (Å²) in [5.41, 5.74) is 0.841. The van der Waals surface area contributed by atoms with Crippen LogP contribution in [-0.2, 0) is 16.1 Å². The highest BCUT2D eigenvalue weighted by Gasteiger charge is 2.16. The highest BCUT2D eigenvalue weighted by molar-refractivity contribution is 9.10. The maximum atomic E-state index is 14.2. The molecule has 134 valence electrons. The number of halogens is 2. The van der Waals surface area contributed by atoms with Crippen LogP contribution in [0.5, 0.6) is 0 Å². The summed E-state index contributed by atoms with van der Waals surface area (Å²) in [6, 6.07) is 2.95. The summed E-state index contributed by atoms with van der Waals surface area (Å²) < 4.78 is 25.7. The first-order valence-electron chi connectivity index (χ1n) is 8.63. The monoisotopic (exact) mass is 401 g/mol. The normalized spacial score (nSPS) is 15.3. The molecule has 0 aromatic heterocycles. The number of carbonyl (C=O) groups is 1. The van der Waals surface area contributed by atoms with Gasteiger partial charge in [0.25, 0.3) is 0 Å². The summed E-state index contributed by atoms with van der Waals surface area (Å²) in [5, 5.41) is 2.55. The molecule has 0 bridgehead atoms. The number of anilines is 1. The molecule has 1 aliphatic rings. The Kier molecular flexibility index (Phi) is 7.99. The van der Waals surface area contributed by atoms with Crippen molar-refractivity contribution in [3.63, 3.8) is 0 Å². The van der Waals surface area contributed by atoms with Gasteiger partial charge in [-0.25, -0.2) is 9.18 Å². The van der Waals surface area contributed by atoms with Crippen LogP contribution in [0.25, 0.3) is 0 Å². The van der Waals surface area contributed by atoms with Crippen LogP contribution in [0.1, 0.15) is 57.4 Å². The Hall–Kier alpha value is -1.14. The number of hydrogen-bond acceptors (Lipinski definition) is 3. The Morgan fingerprint density at radius 1 is 1.33 bits per heavy atom. The number of rotatable bonds is 7. The highest BCUT2D eigenvalue weighted by Crippen LogP contribution is 2.28. The molecule has 4 nitrogen and oxygen atoms in total. The van der Waals surface area contributed by atoms with Gasteiger partial charge in [0.2, 0.25) is 0 Å². The summed E-state index contributed by atoms with van der Waals surface area (Å²) in [7, 11) is 0. The van der Waals surface area contributed by atoms with Gasteiger partial charge in [0.05, 0.1) is 25.0 Å². The number of unbranched alkanes of at least 4 members (excludes halogenated alkanes) is 1. The molecule has 1 fully saturated rings. The molecule has 1 aromatic rings. The SMILES string of the molecule is CCCCOC(=O)Nc1cc(F)c(COC2CCCCC2)cc1Br. The zero-order valence-electron chi connectivity index (χ0n) is 14.1. The molecule has 0 aliphatic heterocycles. The molecule has 1 aliphatic carbocycles.